The summed E-state index contributed by atoms with van der Waals surface area (Å²) in [5, 5.41) is 11.1. The van der Waals surface area contributed by atoms with Crippen LogP contribution in [0.3, 0.4) is 0 Å². The fourth-order valence-corrected chi connectivity index (χ4v) is 1.21. The minimum Gasteiger partial charge on any atom is -0.381 e. The molecule has 1 heterocycles. The van der Waals surface area contributed by atoms with E-state index in [1.165, 1.54) is 6.20 Å². The maximum atomic E-state index is 5.82. The molecule has 0 saturated carbocycles. The molecular formula is C7H9Cl2N3. The minimum atomic E-state index is 0.316. The molecule has 1 aromatic heterocycles. The summed E-state index contributed by atoms with van der Waals surface area (Å²) in [6.07, 6.45) is 2.47. The van der Waals surface area contributed by atoms with Crippen LogP contribution in [0.2, 0.25) is 10.2 Å². The smallest absolute Gasteiger partial charge is 0.176 e. The van der Waals surface area contributed by atoms with Gasteiger partial charge in [0, 0.05) is 6.54 Å². The second kappa shape index (κ2) is 4.48. The van der Waals surface area contributed by atoms with E-state index in [4.69, 9.17) is 23.2 Å². The number of nitrogens with one attached hydrogen (secondary N) is 1. The van der Waals surface area contributed by atoms with Crippen LogP contribution in [0, 0.1) is 0 Å². The van der Waals surface area contributed by atoms with Crippen LogP contribution < -0.4 is 5.32 Å². The van der Waals surface area contributed by atoms with Gasteiger partial charge in [0.2, 0.25) is 0 Å². The molecule has 1 N–H and O–H groups in total. The average molecular weight is 206 g/mol. The van der Waals surface area contributed by atoms with Gasteiger partial charge in [0.1, 0.15) is 0 Å². The highest BCUT2D eigenvalue weighted by Gasteiger charge is 2.05. The van der Waals surface area contributed by atoms with Crippen molar-refractivity contribution in [3.8, 4) is 0 Å². The molecule has 0 spiro atoms. The van der Waals surface area contributed by atoms with E-state index in [2.05, 4.69) is 22.4 Å². The second-order valence-corrected chi connectivity index (χ2v) is 3.05. The Morgan fingerprint density at radius 2 is 2.25 bits per heavy atom. The molecule has 12 heavy (non-hydrogen) atoms. The van der Waals surface area contributed by atoms with Crippen LogP contribution in [0.25, 0.3) is 0 Å². The van der Waals surface area contributed by atoms with Gasteiger partial charge in [0.05, 0.1) is 16.9 Å². The molecule has 1 rings (SSSR count). The van der Waals surface area contributed by atoms with E-state index in [9.17, 15) is 0 Å². The predicted octanol–water partition coefficient (Wildman–Crippen LogP) is 2.61. The van der Waals surface area contributed by atoms with Crippen LogP contribution in [0.4, 0.5) is 5.69 Å². The Morgan fingerprint density at radius 3 is 2.83 bits per heavy atom. The van der Waals surface area contributed by atoms with Crippen molar-refractivity contribution in [3.63, 3.8) is 0 Å². The summed E-state index contributed by atoms with van der Waals surface area (Å²) < 4.78 is 0. The van der Waals surface area contributed by atoms with Gasteiger partial charge in [-0.15, -0.1) is 5.10 Å². The lowest BCUT2D eigenvalue weighted by atomic mass is 10.4. The van der Waals surface area contributed by atoms with Crippen LogP contribution in [0.1, 0.15) is 13.3 Å². The molecule has 0 unspecified atom stereocenters. The average Bonchev–Trinajstić information content (AvgIpc) is 2.04. The zero-order valence-corrected chi connectivity index (χ0v) is 8.15. The zero-order valence-electron chi connectivity index (χ0n) is 6.64. The third-order valence-corrected chi connectivity index (χ3v) is 1.86. The highest BCUT2D eigenvalue weighted by atomic mass is 35.5. The molecule has 1 aromatic rings. The van der Waals surface area contributed by atoms with Crippen molar-refractivity contribution in [1.29, 1.82) is 0 Å². The van der Waals surface area contributed by atoms with Crippen molar-refractivity contribution in [3.05, 3.63) is 16.4 Å². The van der Waals surface area contributed by atoms with Gasteiger partial charge in [-0.25, -0.2) is 0 Å². The van der Waals surface area contributed by atoms with Crippen LogP contribution in [0.15, 0.2) is 6.20 Å². The van der Waals surface area contributed by atoms with Crippen LogP contribution in [-0.2, 0) is 0 Å². The molecule has 0 aliphatic rings. The van der Waals surface area contributed by atoms with Crippen LogP contribution in [-0.4, -0.2) is 16.7 Å². The second-order valence-electron chi connectivity index (χ2n) is 2.29. The van der Waals surface area contributed by atoms with Gasteiger partial charge in [-0.05, 0) is 6.42 Å². The first-order chi connectivity index (χ1) is 5.75. The van der Waals surface area contributed by atoms with E-state index in [0.717, 1.165) is 13.0 Å². The molecule has 0 bridgehead atoms. The highest BCUT2D eigenvalue weighted by Crippen LogP contribution is 2.26. The Balaban J connectivity index is 2.81. The molecular weight excluding hydrogens is 197 g/mol. The molecule has 66 valence electrons. The number of rotatable bonds is 3. The maximum absolute atomic E-state index is 5.82. The summed E-state index contributed by atoms with van der Waals surface area (Å²) in [7, 11) is 0. The molecule has 0 aliphatic heterocycles. The molecule has 0 aromatic carbocycles. The SMILES string of the molecule is CCCNc1c(Cl)cnnc1Cl. The minimum absolute atomic E-state index is 0.316. The molecule has 0 saturated heterocycles. The van der Waals surface area contributed by atoms with Crippen molar-refractivity contribution >= 4 is 28.9 Å². The first-order valence-electron chi connectivity index (χ1n) is 3.66. The van der Waals surface area contributed by atoms with Gasteiger partial charge in [0.25, 0.3) is 0 Å². The summed E-state index contributed by atoms with van der Waals surface area (Å²) in [6.45, 7) is 2.88. The van der Waals surface area contributed by atoms with Crippen molar-refractivity contribution in [1.82, 2.24) is 10.2 Å². The lowest BCUT2D eigenvalue weighted by molar-refractivity contribution is 0.965. The van der Waals surface area contributed by atoms with Gasteiger partial charge in [-0.1, -0.05) is 30.1 Å². The van der Waals surface area contributed by atoms with E-state index < -0.39 is 0 Å². The predicted molar refractivity (Wildman–Crippen MR) is 50.8 cm³/mol. The van der Waals surface area contributed by atoms with Gasteiger partial charge >= 0.3 is 0 Å². The van der Waals surface area contributed by atoms with Crippen molar-refractivity contribution in [2.75, 3.05) is 11.9 Å². The van der Waals surface area contributed by atoms with Gasteiger partial charge in [0.15, 0.2) is 5.15 Å². The Hall–Kier alpha value is -0.540. The lowest BCUT2D eigenvalue weighted by Crippen LogP contribution is -2.02. The highest BCUT2D eigenvalue weighted by molar-refractivity contribution is 6.38. The largest absolute Gasteiger partial charge is 0.381 e. The van der Waals surface area contributed by atoms with Crippen molar-refractivity contribution < 1.29 is 0 Å². The molecule has 0 fully saturated rings. The van der Waals surface area contributed by atoms with Crippen LogP contribution >= 0.6 is 23.2 Å². The summed E-state index contributed by atoms with van der Waals surface area (Å²) in [6, 6.07) is 0. The van der Waals surface area contributed by atoms with E-state index in [-0.39, 0.29) is 0 Å². The van der Waals surface area contributed by atoms with Crippen molar-refractivity contribution in [2.45, 2.75) is 13.3 Å². The van der Waals surface area contributed by atoms with E-state index >= 15 is 0 Å². The fourth-order valence-electron chi connectivity index (χ4n) is 0.751. The van der Waals surface area contributed by atoms with Gasteiger partial charge in [-0.2, -0.15) is 5.10 Å². The Labute approximate surface area is 81.1 Å². The number of hydrogen-bond donors (Lipinski definition) is 1. The van der Waals surface area contributed by atoms with E-state index in [1.54, 1.807) is 0 Å². The summed E-state index contributed by atoms with van der Waals surface area (Å²) in [5.74, 6) is 0. The van der Waals surface area contributed by atoms with Gasteiger partial charge < -0.3 is 5.32 Å². The quantitative estimate of drug-likeness (QED) is 0.825. The Morgan fingerprint density at radius 1 is 1.50 bits per heavy atom. The monoisotopic (exact) mass is 205 g/mol. The number of halogens is 2. The third kappa shape index (κ3) is 2.22. The molecule has 3 nitrogen and oxygen atoms in total. The number of anilines is 1. The van der Waals surface area contributed by atoms with E-state index in [1.807, 2.05) is 0 Å². The number of nitrogens with zero attached hydrogens (tertiary/aromatic N) is 2. The topological polar surface area (TPSA) is 37.8 Å². The molecule has 5 heteroatoms. The maximum Gasteiger partial charge on any atom is 0.176 e. The summed E-state index contributed by atoms with van der Waals surface area (Å²) in [5.41, 5.74) is 0.662. The fraction of sp³-hybridized carbons (Fsp3) is 0.429. The van der Waals surface area contributed by atoms with E-state index in [0.29, 0.717) is 15.9 Å². The molecule has 0 aliphatic carbocycles. The lowest BCUT2D eigenvalue weighted by Gasteiger charge is -2.06. The van der Waals surface area contributed by atoms with Gasteiger partial charge in [-0.3, -0.25) is 0 Å². The zero-order chi connectivity index (χ0) is 8.97. The third-order valence-electron chi connectivity index (χ3n) is 1.31. The molecule has 0 atom stereocenters. The number of hydrogen-bond acceptors (Lipinski definition) is 3. The Bertz CT molecular complexity index is 245. The van der Waals surface area contributed by atoms with Crippen LogP contribution in [0.5, 0.6) is 0 Å². The summed E-state index contributed by atoms with van der Waals surface area (Å²) in [4.78, 5) is 0. The first-order valence-corrected chi connectivity index (χ1v) is 4.42. The molecule has 0 amide bonds. The van der Waals surface area contributed by atoms with Crippen molar-refractivity contribution in [2.24, 2.45) is 0 Å². The standard InChI is InChI=1S/C7H9Cl2N3/c1-2-3-10-6-5(8)4-11-12-7(6)9/h4H,2-3H2,1H3,(H,10,11). The summed E-state index contributed by atoms with van der Waals surface area (Å²) >= 11 is 11.6. The first kappa shape index (κ1) is 9.55. The number of aromatic nitrogens is 2. The molecule has 0 radical (unpaired) electrons. The Kier molecular flexibility index (Phi) is 3.56. The normalized spacial score (nSPS) is 9.92.